The van der Waals surface area contributed by atoms with Crippen LogP contribution in [0, 0.1) is 0 Å². The highest BCUT2D eigenvalue weighted by Crippen LogP contribution is 2.31. The monoisotopic (exact) mass is 408 g/mol. The predicted octanol–water partition coefficient (Wildman–Crippen LogP) is 4.11. The molecular formula is C20H22Cl2N2O3. The third-order valence-electron chi connectivity index (χ3n) is 4.28. The van der Waals surface area contributed by atoms with Crippen LogP contribution in [-0.4, -0.2) is 50.2 Å². The number of ether oxygens (including phenoxy) is 1. The van der Waals surface area contributed by atoms with Gasteiger partial charge in [-0.05, 0) is 49.4 Å². The molecule has 0 spiro atoms. The van der Waals surface area contributed by atoms with Crippen LogP contribution in [-0.2, 0) is 9.53 Å². The molecule has 7 heteroatoms. The number of benzene rings is 1. The Bertz CT molecular complexity index is 798. The summed E-state index contributed by atoms with van der Waals surface area (Å²) in [7, 11) is 0. The Morgan fingerprint density at radius 2 is 2.00 bits per heavy atom. The van der Waals surface area contributed by atoms with E-state index in [1.807, 2.05) is 6.07 Å². The third-order valence-corrected chi connectivity index (χ3v) is 4.82. The lowest BCUT2D eigenvalue weighted by atomic mass is 10.2. The van der Waals surface area contributed by atoms with E-state index in [2.05, 4.69) is 10.2 Å². The van der Waals surface area contributed by atoms with Gasteiger partial charge in [0.25, 0.3) is 0 Å². The summed E-state index contributed by atoms with van der Waals surface area (Å²) in [6, 6.07) is 8.83. The molecule has 3 rings (SSSR count). The highest BCUT2D eigenvalue weighted by atomic mass is 35.5. The van der Waals surface area contributed by atoms with Gasteiger partial charge in [0, 0.05) is 36.3 Å². The van der Waals surface area contributed by atoms with Crippen molar-refractivity contribution < 1.29 is 13.9 Å². The van der Waals surface area contributed by atoms with Crippen LogP contribution in [0.15, 0.2) is 40.8 Å². The van der Waals surface area contributed by atoms with Gasteiger partial charge in [-0.25, -0.2) is 0 Å². The van der Waals surface area contributed by atoms with Gasteiger partial charge in [0.05, 0.1) is 18.2 Å². The van der Waals surface area contributed by atoms with E-state index in [9.17, 15) is 4.79 Å². The normalized spacial score (nSPS) is 15.3. The average molecular weight is 409 g/mol. The number of hydrogen-bond donors (Lipinski definition) is 1. The number of nitrogens with one attached hydrogen (secondary N) is 1. The van der Waals surface area contributed by atoms with Crippen molar-refractivity contribution in [2.45, 2.75) is 6.42 Å². The van der Waals surface area contributed by atoms with E-state index < -0.39 is 0 Å². The molecular weight excluding hydrogens is 387 g/mol. The molecule has 27 heavy (non-hydrogen) atoms. The molecule has 2 aromatic rings. The average Bonchev–Trinajstić information content (AvgIpc) is 3.13. The Balaban J connectivity index is 1.45. The second-order valence-electron chi connectivity index (χ2n) is 6.26. The molecule has 1 fully saturated rings. The summed E-state index contributed by atoms with van der Waals surface area (Å²) in [5, 5.41) is 3.97. The molecule has 1 N–H and O–H groups in total. The zero-order chi connectivity index (χ0) is 19.1. The van der Waals surface area contributed by atoms with Gasteiger partial charge in [-0.2, -0.15) is 0 Å². The van der Waals surface area contributed by atoms with Crippen LogP contribution in [0.3, 0.4) is 0 Å². The summed E-state index contributed by atoms with van der Waals surface area (Å²) in [5.41, 5.74) is 0.758. The molecule has 0 unspecified atom stereocenters. The lowest BCUT2D eigenvalue weighted by molar-refractivity contribution is -0.116. The number of morpholine rings is 1. The number of carbonyl (C=O) groups excluding carboxylic acids is 1. The quantitative estimate of drug-likeness (QED) is 0.553. The second-order valence-corrected chi connectivity index (χ2v) is 7.10. The molecule has 5 nitrogen and oxygen atoms in total. The Kier molecular flexibility index (Phi) is 7.35. The van der Waals surface area contributed by atoms with Crippen LogP contribution in [0.1, 0.15) is 12.2 Å². The van der Waals surface area contributed by atoms with Crippen molar-refractivity contribution in [2.75, 3.05) is 39.4 Å². The second kappa shape index (κ2) is 9.95. The SMILES string of the molecule is O=C(/C=C/c1ccc(-c2ccc(Cl)cc2Cl)o1)NCCCN1CCOCC1. The van der Waals surface area contributed by atoms with Gasteiger partial charge in [0.2, 0.25) is 5.91 Å². The fourth-order valence-electron chi connectivity index (χ4n) is 2.83. The first-order valence-electron chi connectivity index (χ1n) is 8.93. The zero-order valence-electron chi connectivity index (χ0n) is 14.9. The lowest BCUT2D eigenvalue weighted by Crippen LogP contribution is -2.38. The van der Waals surface area contributed by atoms with E-state index in [0.29, 0.717) is 28.1 Å². The van der Waals surface area contributed by atoms with Gasteiger partial charge in [0.15, 0.2) is 0 Å². The predicted molar refractivity (Wildman–Crippen MR) is 108 cm³/mol. The number of rotatable bonds is 7. The molecule has 1 aliphatic rings. The van der Waals surface area contributed by atoms with E-state index >= 15 is 0 Å². The van der Waals surface area contributed by atoms with E-state index in [4.69, 9.17) is 32.4 Å². The van der Waals surface area contributed by atoms with Gasteiger partial charge in [-0.3, -0.25) is 9.69 Å². The highest BCUT2D eigenvalue weighted by Gasteiger charge is 2.10. The van der Waals surface area contributed by atoms with Crippen LogP contribution in [0.4, 0.5) is 0 Å². The Morgan fingerprint density at radius 3 is 2.78 bits per heavy atom. The highest BCUT2D eigenvalue weighted by molar-refractivity contribution is 6.36. The number of nitrogens with zero attached hydrogens (tertiary/aromatic N) is 1. The van der Waals surface area contributed by atoms with Crippen molar-refractivity contribution in [2.24, 2.45) is 0 Å². The Labute approximate surface area is 168 Å². The van der Waals surface area contributed by atoms with Crippen LogP contribution in [0.2, 0.25) is 10.0 Å². The van der Waals surface area contributed by atoms with Crippen molar-refractivity contribution >= 4 is 35.2 Å². The van der Waals surface area contributed by atoms with Crippen LogP contribution in [0.5, 0.6) is 0 Å². The van der Waals surface area contributed by atoms with Gasteiger partial charge in [-0.15, -0.1) is 0 Å². The smallest absolute Gasteiger partial charge is 0.244 e. The van der Waals surface area contributed by atoms with E-state index in [0.717, 1.165) is 44.8 Å². The van der Waals surface area contributed by atoms with Crippen molar-refractivity contribution in [1.82, 2.24) is 10.2 Å². The minimum Gasteiger partial charge on any atom is -0.457 e. The summed E-state index contributed by atoms with van der Waals surface area (Å²) in [4.78, 5) is 14.3. The molecule has 1 aromatic carbocycles. The van der Waals surface area contributed by atoms with E-state index in [1.165, 1.54) is 6.08 Å². The molecule has 144 valence electrons. The Morgan fingerprint density at radius 1 is 1.19 bits per heavy atom. The summed E-state index contributed by atoms with van der Waals surface area (Å²) in [5.74, 6) is 1.07. The number of halogens is 2. The molecule has 1 saturated heterocycles. The molecule has 0 bridgehead atoms. The van der Waals surface area contributed by atoms with Crippen LogP contribution >= 0.6 is 23.2 Å². The molecule has 1 aromatic heterocycles. The topological polar surface area (TPSA) is 54.7 Å². The maximum absolute atomic E-state index is 11.9. The first-order chi connectivity index (χ1) is 13.1. The standard InChI is InChI=1S/C20H22Cl2N2O3/c21-15-2-5-17(18(22)14-15)19-6-3-16(27-19)4-7-20(25)23-8-1-9-24-10-12-26-13-11-24/h2-7,14H,1,8-13H2,(H,23,25)/b7-4+. The molecule has 0 radical (unpaired) electrons. The largest absolute Gasteiger partial charge is 0.457 e. The minimum atomic E-state index is -0.139. The lowest BCUT2D eigenvalue weighted by Gasteiger charge is -2.26. The summed E-state index contributed by atoms with van der Waals surface area (Å²) in [6.45, 7) is 5.13. The minimum absolute atomic E-state index is 0.139. The van der Waals surface area contributed by atoms with Crippen molar-refractivity contribution in [3.8, 4) is 11.3 Å². The zero-order valence-corrected chi connectivity index (χ0v) is 16.4. The fraction of sp³-hybridized carbons (Fsp3) is 0.350. The van der Waals surface area contributed by atoms with E-state index in [-0.39, 0.29) is 5.91 Å². The van der Waals surface area contributed by atoms with Crippen molar-refractivity contribution in [3.63, 3.8) is 0 Å². The van der Waals surface area contributed by atoms with Crippen molar-refractivity contribution in [3.05, 3.63) is 52.2 Å². The molecule has 2 heterocycles. The fourth-order valence-corrected chi connectivity index (χ4v) is 3.33. The third kappa shape index (κ3) is 6.11. The van der Waals surface area contributed by atoms with Gasteiger partial charge in [-0.1, -0.05) is 23.2 Å². The molecule has 0 saturated carbocycles. The van der Waals surface area contributed by atoms with Gasteiger partial charge >= 0.3 is 0 Å². The maximum atomic E-state index is 11.9. The van der Waals surface area contributed by atoms with Gasteiger partial charge in [0.1, 0.15) is 11.5 Å². The van der Waals surface area contributed by atoms with Gasteiger partial charge < -0.3 is 14.5 Å². The number of furan rings is 1. The molecule has 1 amide bonds. The molecule has 0 atom stereocenters. The molecule has 0 aliphatic carbocycles. The summed E-state index contributed by atoms with van der Waals surface area (Å²) in [6.07, 6.45) is 4.03. The summed E-state index contributed by atoms with van der Waals surface area (Å²) < 4.78 is 11.1. The first kappa shape index (κ1) is 20.0. The summed E-state index contributed by atoms with van der Waals surface area (Å²) >= 11 is 12.1. The van der Waals surface area contributed by atoms with Crippen LogP contribution < -0.4 is 5.32 Å². The maximum Gasteiger partial charge on any atom is 0.244 e. The number of hydrogen-bond acceptors (Lipinski definition) is 4. The number of carbonyl (C=O) groups is 1. The molecule has 1 aliphatic heterocycles. The Hall–Kier alpha value is -1.79. The number of amides is 1. The van der Waals surface area contributed by atoms with Crippen LogP contribution in [0.25, 0.3) is 17.4 Å². The van der Waals surface area contributed by atoms with E-state index in [1.54, 1.807) is 30.3 Å². The first-order valence-corrected chi connectivity index (χ1v) is 9.69. The van der Waals surface area contributed by atoms with Crippen molar-refractivity contribution in [1.29, 1.82) is 0 Å².